The van der Waals surface area contributed by atoms with Gasteiger partial charge in [-0.15, -0.1) is 0 Å². The van der Waals surface area contributed by atoms with E-state index in [9.17, 15) is 14.7 Å². The van der Waals surface area contributed by atoms with Gasteiger partial charge in [-0.05, 0) is 42.7 Å². The van der Waals surface area contributed by atoms with Gasteiger partial charge in [0.25, 0.3) is 5.91 Å². The summed E-state index contributed by atoms with van der Waals surface area (Å²) in [5.41, 5.74) is 3.39. The SMILES string of the molecule is Cc1ccc(CN2C(=O)C(O)(CC(=O)C=Cc3ccccc3)c3ccccc32)c(C)c1. The Hall–Kier alpha value is -3.50. The first-order valence-corrected chi connectivity index (χ1v) is 10.3. The first-order valence-electron chi connectivity index (χ1n) is 10.3. The van der Waals surface area contributed by atoms with Gasteiger partial charge in [-0.3, -0.25) is 9.59 Å². The number of aliphatic hydroxyl groups is 1. The minimum atomic E-state index is -1.87. The molecule has 0 fully saturated rings. The van der Waals surface area contributed by atoms with Crippen LogP contribution in [0.1, 0.15) is 34.2 Å². The van der Waals surface area contributed by atoms with E-state index in [0.29, 0.717) is 17.8 Å². The van der Waals surface area contributed by atoms with Crippen LogP contribution in [0.3, 0.4) is 0 Å². The number of fused-ring (bicyclic) bond motifs is 1. The molecule has 4 heteroatoms. The highest BCUT2D eigenvalue weighted by Gasteiger charge is 2.50. The Labute approximate surface area is 182 Å². The highest BCUT2D eigenvalue weighted by Crippen LogP contribution is 2.43. The zero-order chi connectivity index (χ0) is 22.0. The van der Waals surface area contributed by atoms with Gasteiger partial charge >= 0.3 is 0 Å². The topological polar surface area (TPSA) is 57.6 Å². The minimum Gasteiger partial charge on any atom is -0.375 e. The van der Waals surface area contributed by atoms with E-state index in [1.807, 2.05) is 68.4 Å². The third kappa shape index (κ3) is 4.07. The van der Waals surface area contributed by atoms with Crippen molar-refractivity contribution >= 4 is 23.5 Å². The van der Waals surface area contributed by atoms with Crippen molar-refractivity contribution < 1.29 is 14.7 Å². The lowest BCUT2D eigenvalue weighted by atomic mass is 9.89. The molecule has 0 bridgehead atoms. The Morgan fingerprint density at radius 3 is 2.45 bits per heavy atom. The number of hydrogen-bond acceptors (Lipinski definition) is 3. The number of allylic oxidation sites excluding steroid dienone is 1. The summed E-state index contributed by atoms with van der Waals surface area (Å²) in [7, 11) is 0. The van der Waals surface area contributed by atoms with Crippen LogP contribution in [0.4, 0.5) is 5.69 Å². The Balaban J connectivity index is 1.61. The molecule has 0 radical (unpaired) electrons. The number of amides is 1. The van der Waals surface area contributed by atoms with Crippen molar-refractivity contribution in [2.75, 3.05) is 4.90 Å². The van der Waals surface area contributed by atoms with E-state index < -0.39 is 11.5 Å². The highest BCUT2D eigenvalue weighted by molar-refractivity contribution is 6.10. The Morgan fingerprint density at radius 1 is 1.00 bits per heavy atom. The summed E-state index contributed by atoms with van der Waals surface area (Å²) in [5.74, 6) is -0.766. The second-order valence-corrected chi connectivity index (χ2v) is 8.09. The van der Waals surface area contributed by atoms with Gasteiger partial charge in [0.05, 0.1) is 18.7 Å². The molecule has 31 heavy (non-hydrogen) atoms. The third-order valence-electron chi connectivity index (χ3n) is 5.76. The minimum absolute atomic E-state index is 0.296. The standard InChI is InChI=1S/C27H25NO3/c1-19-12-14-22(20(2)16-19)18-28-25-11-7-6-10-24(25)27(31,26(28)30)17-23(29)15-13-21-8-4-3-5-9-21/h3-16,31H,17-18H2,1-2H3. The van der Waals surface area contributed by atoms with Gasteiger partial charge in [-0.1, -0.05) is 78.4 Å². The average Bonchev–Trinajstić information content (AvgIpc) is 2.97. The fourth-order valence-corrected chi connectivity index (χ4v) is 4.09. The van der Waals surface area contributed by atoms with Gasteiger partial charge in [0, 0.05) is 5.56 Å². The van der Waals surface area contributed by atoms with Gasteiger partial charge in [-0.25, -0.2) is 0 Å². The van der Waals surface area contributed by atoms with Crippen molar-refractivity contribution in [3.63, 3.8) is 0 Å². The quantitative estimate of drug-likeness (QED) is 0.598. The van der Waals surface area contributed by atoms with Crippen LogP contribution in [0, 0.1) is 13.8 Å². The molecule has 156 valence electrons. The van der Waals surface area contributed by atoms with Crippen LogP contribution in [-0.2, 0) is 21.7 Å². The molecule has 1 aliphatic rings. The molecule has 4 nitrogen and oxygen atoms in total. The summed E-state index contributed by atoms with van der Waals surface area (Å²) in [4.78, 5) is 27.6. The molecular weight excluding hydrogens is 386 g/mol. The van der Waals surface area contributed by atoms with Crippen molar-refractivity contribution in [3.8, 4) is 0 Å². The normalized spacial score (nSPS) is 17.9. The van der Waals surface area contributed by atoms with E-state index in [2.05, 4.69) is 6.07 Å². The molecule has 0 saturated carbocycles. The molecule has 4 rings (SSSR count). The van der Waals surface area contributed by atoms with Gasteiger partial charge in [-0.2, -0.15) is 0 Å². The van der Waals surface area contributed by atoms with Crippen LogP contribution in [0.2, 0.25) is 0 Å². The molecule has 0 aliphatic carbocycles. The first-order chi connectivity index (χ1) is 14.9. The van der Waals surface area contributed by atoms with Crippen molar-refractivity contribution in [1.82, 2.24) is 0 Å². The van der Waals surface area contributed by atoms with E-state index >= 15 is 0 Å². The zero-order valence-electron chi connectivity index (χ0n) is 17.7. The molecular formula is C27H25NO3. The van der Waals surface area contributed by atoms with E-state index in [1.54, 1.807) is 23.1 Å². The molecule has 1 N–H and O–H groups in total. The number of ketones is 1. The maximum Gasteiger partial charge on any atom is 0.264 e. The lowest BCUT2D eigenvalue weighted by Crippen LogP contribution is -2.41. The van der Waals surface area contributed by atoms with Gasteiger partial charge in [0.2, 0.25) is 0 Å². The van der Waals surface area contributed by atoms with Crippen molar-refractivity contribution in [3.05, 3.63) is 107 Å². The molecule has 3 aromatic carbocycles. The van der Waals surface area contributed by atoms with E-state index in [4.69, 9.17) is 0 Å². The van der Waals surface area contributed by atoms with E-state index in [-0.39, 0.29) is 12.2 Å². The number of benzene rings is 3. The van der Waals surface area contributed by atoms with E-state index in [0.717, 1.165) is 22.3 Å². The largest absolute Gasteiger partial charge is 0.375 e. The summed E-state index contributed by atoms with van der Waals surface area (Å²) < 4.78 is 0. The fourth-order valence-electron chi connectivity index (χ4n) is 4.09. The van der Waals surface area contributed by atoms with Crippen LogP contribution in [-0.4, -0.2) is 16.8 Å². The number of aryl methyl sites for hydroxylation is 2. The Bertz CT molecular complexity index is 1170. The molecule has 0 aromatic heterocycles. The molecule has 0 spiro atoms. The molecule has 1 aliphatic heterocycles. The van der Waals surface area contributed by atoms with Crippen molar-refractivity contribution in [2.45, 2.75) is 32.4 Å². The second-order valence-electron chi connectivity index (χ2n) is 8.09. The third-order valence-corrected chi connectivity index (χ3v) is 5.76. The van der Waals surface area contributed by atoms with Crippen LogP contribution >= 0.6 is 0 Å². The van der Waals surface area contributed by atoms with Gasteiger partial charge in [0.15, 0.2) is 11.4 Å². The summed E-state index contributed by atoms with van der Waals surface area (Å²) in [5, 5.41) is 11.4. The van der Waals surface area contributed by atoms with Gasteiger partial charge < -0.3 is 10.0 Å². The highest BCUT2D eigenvalue weighted by atomic mass is 16.3. The number of hydrogen-bond donors (Lipinski definition) is 1. The molecule has 3 aromatic rings. The number of carbonyl (C=O) groups is 2. The summed E-state index contributed by atoms with van der Waals surface area (Å²) in [6, 6.07) is 22.7. The fraction of sp³-hybridized carbons (Fsp3) is 0.185. The van der Waals surface area contributed by atoms with E-state index in [1.165, 1.54) is 6.08 Å². The first kappa shape index (κ1) is 20.8. The Morgan fingerprint density at radius 2 is 1.71 bits per heavy atom. The van der Waals surface area contributed by atoms with Crippen LogP contribution < -0.4 is 4.90 Å². The second kappa shape index (κ2) is 8.32. The average molecular weight is 412 g/mol. The number of para-hydroxylation sites is 1. The zero-order valence-corrected chi connectivity index (χ0v) is 17.7. The summed E-state index contributed by atoms with van der Waals surface area (Å²) in [6.45, 7) is 4.39. The van der Waals surface area contributed by atoms with Crippen molar-refractivity contribution in [2.24, 2.45) is 0 Å². The monoisotopic (exact) mass is 411 g/mol. The van der Waals surface area contributed by atoms with Crippen LogP contribution in [0.15, 0.2) is 78.9 Å². The van der Waals surface area contributed by atoms with Crippen LogP contribution in [0.5, 0.6) is 0 Å². The molecule has 1 atom stereocenters. The van der Waals surface area contributed by atoms with Crippen molar-refractivity contribution in [1.29, 1.82) is 0 Å². The number of rotatable bonds is 6. The molecule has 1 amide bonds. The lowest BCUT2D eigenvalue weighted by molar-refractivity contribution is -0.140. The molecule has 0 saturated heterocycles. The maximum atomic E-state index is 13.4. The predicted octanol–water partition coefficient (Wildman–Crippen LogP) is 4.71. The number of carbonyl (C=O) groups excluding carboxylic acids is 2. The molecule has 1 unspecified atom stereocenters. The maximum absolute atomic E-state index is 13.4. The summed E-state index contributed by atoms with van der Waals surface area (Å²) in [6.07, 6.45) is 2.83. The summed E-state index contributed by atoms with van der Waals surface area (Å²) >= 11 is 0. The Kier molecular flexibility index (Phi) is 5.57. The van der Waals surface area contributed by atoms with Crippen LogP contribution in [0.25, 0.3) is 6.08 Å². The number of nitrogens with zero attached hydrogens (tertiary/aromatic N) is 1. The molecule has 1 heterocycles. The number of anilines is 1. The predicted molar refractivity (Wildman–Crippen MR) is 123 cm³/mol. The smallest absolute Gasteiger partial charge is 0.264 e. The lowest BCUT2D eigenvalue weighted by Gasteiger charge is -2.23. The van der Waals surface area contributed by atoms with Gasteiger partial charge in [0.1, 0.15) is 0 Å².